The third-order valence-corrected chi connectivity index (χ3v) is 7.02. The summed E-state index contributed by atoms with van der Waals surface area (Å²) in [7, 11) is 0. The minimum atomic E-state index is -0.271. The highest BCUT2D eigenvalue weighted by Crippen LogP contribution is 2.37. The number of aromatic nitrogens is 5. The third-order valence-electron chi connectivity index (χ3n) is 7.02. The topological polar surface area (TPSA) is 98.2 Å². The van der Waals surface area contributed by atoms with Gasteiger partial charge in [-0.3, -0.25) is 9.69 Å². The summed E-state index contributed by atoms with van der Waals surface area (Å²) in [5.74, 6) is 2.16. The molecule has 0 spiro atoms. The summed E-state index contributed by atoms with van der Waals surface area (Å²) in [6, 6.07) is 5.83. The number of rotatable bonds is 4. The van der Waals surface area contributed by atoms with Crippen molar-refractivity contribution in [1.29, 1.82) is 0 Å². The molecule has 1 N–H and O–H groups in total. The van der Waals surface area contributed by atoms with Crippen molar-refractivity contribution in [2.24, 2.45) is 0 Å². The molecule has 1 saturated carbocycles. The fourth-order valence-electron chi connectivity index (χ4n) is 5.43. The van der Waals surface area contributed by atoms with Crippen LogP contribution in [0.4, 0.5) is 0 Å². The summed E-state index contributed by atoms with van der Waals surface area (Å²) in [6.45, 7) is 2.91. The molecule has 168 valence electrons. The maximum atomic E-state index is 13.4. The molecule has 1 saturated heterocycles. The normalized spacial score (nSPS) is 20.6. The Morgan fingerprint density at radius 3 is 2.50 bits per heavy atom. The summed E-state index contributed by atoms with van der Waals surface area (Å²) in [5, 5.41) is 13.8. The van der Waals surface area contributed by atoms with E-state index in [2.05, 4.69) is 25.4 Å². The van der Waals surface area contributed by atoms with E-state index in [0.717, 1.165) is 55.5 Å². The van der Waals surface area contributed by atoms with Gasteiger partial charge in [0.15, 0.2) is 17.3 Å². The molecule has 0 unspecified atom stereocenters. The molecule has 4 heterocycles. The lowest BCUT2D eigenvalue weighted by Crippen LogP contribution is -2.38. The van der Waals surface area contributed by atoms with Crippen molar-refractivity contribution < 1.29 is 9.47 Å². The molecule has 3 aromatic rings. The van der Waals surface area contributed by atoms with Gasteiger partial charge in [0.1, 0.15) is 19.3 Å². The monoisotopic (exact) mass is 436 g/mol. The van der Waals surface area contributed by atoms with Crippen LogP contribution >= 0.6 is 0 Å². The smallest absolute Gasteiger partial charge is 0.253 e. The van der Waals surface area contributed by atoms with Gasteiger partial charge in [0, 0.05) is 17.0 Å². The predicted molar refractivity (Wildman–Crippen MR) is 118 cm³/mol. The molecule has 1 aromatic carbocycles. The maximum Gasteiger partial charge on any atom is 0.253 e. The first kappa shape index (κ1) is 19.7. The molecule has 0 radical (unpaired) electrons. The molecular formula is C23H28N6O3. The van der Waals surface area contributed by atoms with Crippen LogP contribution in [-0.4, -0.2) is 56.4 Å². The van der Waals surface area contributed by atoms with Crippen molar-refractivity contribution >= 4 is 10.9 Å². The highest BCUT2D eigenvalue weighted by molar-refractivity contribution is 5.83. The number of likely N-dealkylation sites (tertiary alicyclic amines) is 1. The van der Waals surface area contributed by atoms with Crippen LogP contribution in [0.2, 0.25) is 0 Å². The van der Waals surface area contributed by atoms with Crippen LogP contribution in [0.5, 0.6) is 11.5 Å². The Hall–Kier alpha value is -2.94. The lowest BCUT2D eigenvalue weighted by molar-refractivity contribution is 0.172. The SMILES string of the molecule is O=c1[nH]c2cc3c(cc2cc1[C@H](c1nnnn1C1CCCC1)N1CCCCC1)OCCO3. The van der Waals surface area contributed by atoms with E-state index in [1.807, 2.05) is 22.9 Å². The maximum absolute atomic E-state index is 13.4. The van der Waals surface area contributed by atoms with Crippen LogP contribution in [-0.2, 0) is 0 Å². The van der Waals surface area contributed by atoms with Gasteiger partial charge in [-0.25, -0.2) is 4.68 Å². The van der Waals surface area contributed by atoms with Gasteiger partial charge in [0.05, 0.1) is 11.6 Å². The molecule has 1 atom stereocenters. The third kappa shape index (κ3) is 3.44. The van der Waals surface area contributed by atoms with Gasteiger partial charge >= 0.3 is 0 Å². The zero-order valence-corrected chi connectivity index (χ0v) is 18.1. The van der Waals surface area contributed by atoms with Crippen molar-refractivity contribution in [3.63, 3.8) is 0 Å². The van der Waals surface area contributed by atoms with Crippen molar-refractivity contribution in [2.75, 3.05) is 26.3 Å². The Balaban J connectivity index is 1.49. The number of hydrogen-bond acceptors (Lipinski definition) is 7. The second-order valence-corrected chi connectivity index (χ2v) is 9.06. The molecule has 0 amide bonds. The van der Waals surface area contributed by atoms with Gasteiger partial charge in [-0.2, -0.15) is 0 Å². The van der Waals surface area contributed by atoms with E-state index in [1.165, 1.54) is 19.3 Å². The first-order valence-corrected chi connectivity index (χ1v) is 11.8. The average Bonchev–Trinajstić information content (AvgIpc) is 3.51. The number of nitrogens with one attached hydrogen (secondary N) is 1. The Labute approximate surface area is 185 Å². The number of pyridine rings is 1. The predicted octanol–water partition coefficient (Wildman–Crippen LogP) is 2.98. The molecule has 9 nitrogen and oxygen atoms in total. The second-order valence-electron chi connectivity index (χ2n) is 9.06. The zero-order chi connectivity index (χ0) is 21.5. The van der Waals surface area contributed by atoms with Crippen molar-refractivity contribution in [1.82, 2.24) is 30.1 Å². The van der Waals surface area contributed by atoms with Crippen molar-refractivity contribution in [3.8, 4) is 11.5 Å². The summed E-state index contributed by atoms with van der Waals surface area (Å²) in [6.07, 6.45) is 8.01. The number of ether oxygens (including phenoxy) is 2. The standard InChI is InChI=1S/C23H28N6O3/c30-23-17(12-15-13-19-20(14-18(15)24-23)32-11-10-31-19)21(28-8-4-1-5-9-28)22-25-26-27-29(22)16-6-2-3-7-16/h12-14,16,21H,1-11H2,(H,24,30)/t21-/m1/s1. The van der Waals surface area contributed by atoms with Gasteiger partial charge in [-0.1, -0.05) is 19.3 Å². The number of fused-ring (bicyclic) bond motifs is 2. The number of nitrogens with zero attached hydrogens (tertiary/aromatic N) is 5. The van der Waals surface area contributed by atoms with E-state index >= 15 is 0 Å². The first-order valence-electron chi connectivity index (χ1n) is 11.8. The quantitative estimate of drug-likeness (QED) is 0.671. The number of hydrogen-bond donors (Lipinski definition) is 1. The van der Waals surface area contributed by atoms with Gasteiger partial charge in [0.2, 0.25) is 0 Å². The second kappa shape index (κ2) is 8.20. The van der Waals surface area contributed by atoms with Crippen LogP contribution in [0, 0.1) is 0 Å². The number of benzene rings is 1. The molecule has 9 heteroatoms. The van der Waals surface area contributed by atoms with Crippen LogP contribution in [0.1, 0.15) is 68.4 Å². The van der Waals surface area contributed by atoms with Crippen LogP contribution in [0.3, 0.4) is 0 Å². The molecule has 6 rings (SSSR count). The number of H-pyrrole nitrogens is 1. The van der Waals surface area contributed by atoms with E-state index in [-0.39, 0.29) is 11.6 Å². The fourth-order valence-corrected chi connectivity index (χ4v) is 5.43. The molecule has 32 heavy (non-hydrogen) atoms. The minimum absolute atomic E-state index is 0.106. The lowest BCUT2D eigenvalue weighted by atomic mass is 10.00. The highest BCUT2D eigenvalue weighted by atomic mass is 16.6. The van der Waals surface area contributed by atoms with Crippen LogP contribution < -0.4 is 15.0 Å². The number of aromatic amines is 1. The molecule has 1 aliphatic carbocycles. The van der Waals surface area contributed by atoms with Gasteiger partial charge in [-0.15, -0.1) is 5.10 Å². The van der Waals surface area contributed by atoms with Gasteiger partial charge < -0.3 is 14.5 Å². The summed E-state index contributed by atoms with van der Waals surface area (Å²) < 4.78 is 13.5. The van der Waals surface area contributed by atoms with E-state index in [0.29, 0.717) is 36.3 Å². The Morgan fingerprint density at radius 2 is 1.72 bits per heavy atom. The Kier molecular flexibility index (Phi) is 5.05. The first-order chi connectivity index (χ1) is 15.8. The fraction of sp³-hybridized carbons (Fsp3) is 0.565. The largest absolute Gasteiger partial charge is 0.486 e. The van der Waals surface area contributed by atoms with Crippen LogP contribution in [0.25, 0.3) is 10.9 Å². The molecular weight excluding hydrogens is 408 g/mol. The van der Waals surface area contributed by atoms with Gasteiger partial charge in [-0.05, 0) is 61.3 Å². The van der Waals surface area contributed by atoms with Crippen molar-refractivity contribution in [3.05, 3.63) is 39.9 Å². The van der Waals surface area contributed by atoms with Gasteiger partial charge in [0.25, 0.3) is 5.56 Å². The Morgan fingerprint density at radius 1 is 0.969 bits per heavy atom. The van der Waals surface area contributed by atoms with Crippen LogP contribution in [0.15, 0.2) is 23.0 Å². The molecule has 3 aliphatic rings. The highest BCUT2D eigenvalue weighted by Gasteiger charge is 2.33. The summed E-state index contributed by atoms with van der Waals surface area (Å²) >= 11 is 0. The summed E-state index contributed by atoms with van der Waals surface area (Å²) in [4.78, 5) is 18.8. The number of piperidine rings is 1. The van der Waals surface area contributed by atoms with Crippen molar-refractivity contribution in [2.45, 2.75) is 57.0 Å². The molecule has 2 aliphatic heterocycles. The van der Waals surface area contributed by atoms with E-state index in [1.54, 1.807) is 0 Å². The zero-order valence-electron chi connectivity index (χ0n) is 18.1. The van der Waals surface area contributed by atoms with E-state index in [4.69, 9.17) is 9.47 Å². The minimum Gasteiger partial charge on any atom is -0.486 e. The average molecular weight is 437 g/mol. The Bertz CT molecular complexity index is 1180. The molecule has 0 bridgehead atoms. The summed E-state index contributed by atoms with van der Waals surface area (Å²) in [5.41, 5.74) is 1.33. The molecule has 2 fully saturated rings. The molecule has 2 aromatic heterocycles. The van der Waals surface area contributed by atoms with E-state index in [9.17, 15) is 4.79 Å². The van der Waals surface area contributed by atoms with E-state index < -0.39 is 0 Å². The number of tetrazole rings is 1. The lowest BCUT2D eigenvalue weighted by Gasteiger charge is -2.34.